The molecule has 0 heterocycles. The second-order valence-electron chi connectivity index (χ2n) is 12.9. The number of aliphatic hydroxyl groups is 2. The molecule has 2 nitrogen and oxygen atoms in total. The molecule has 0 unspecified atom stereocenters. The summed E-state index contributed by atoms with van der Waals surface area (Å²) >= 11 is 0. The van der Waals surface area contributed by atoms with Crippen molar-refractivity contribution in [2.75, 3.05) is 0 Å². The van der Waals surface area contributed by atoms with E-state index >= 15 is 0 Å². The Hall–Kier alpha value is -0.550. The highest BCUT2D eigenvalue weighted by Crippen LogP contribution is 2.71. The molecule has 0 amide bonds. The van der Waals surface area contributed by atoms with E-state index in [2.05, 4.69) is 33.8 Å². The molecule has 4 rings (SSSR count). The summed E-state index contributed by atoms with van der Waals surface area (Å²) in [5, 5.41) is 20.2. The first-order valence-electron chi connectivity index (χ1n) is 12.8. The zero-order chi connectivity index (χ0) is 23.7. The van der Waals surface area contributed by atoms with Crippen molar-refractivity contribution in [3.63, 3.8) is 0 Å². The Labute approximate surface area is 192 Å². The fourth-order valence-corrected chi connectivity index (χ4v) is 8.81. The first-order chi connectivity index (χ1) is 14.6. The molecule has 0 aromatic heterocycles. The van der Waals surface area contributed by atoms with Crippen molar-refractivity contribution in [3.8, 4) is 0 Å². The standard InChI is InChI=1S/C27H43F3O2/c1-17(6-9-22(31)27(28,29)30)25(4)12-11-21-19-8-7-18-16-23(2,32)14-15-24(18,3)20(19)10-13-26(21,25)5/h7,17,19-22,31-32H,6,8-16H2,1-5H3/t17-,19-,20+,21+,22+,23+,24+,25-,26+/m1/s1. The molecule has 32 heavy (non-hydrogen) atoms. The SMILES string of the molecule is C[C@H](CC[C@H](O)C(F)(F)F)[C@@]1(C)CC[C@H]2[C@@H]3CC=C4C[C@@](C)(O)CC[C@]4(C)[C@H]3CC[C@@]21C. The zero-order valence-electron chi connectivity index (χ0n) is 20.6. The van der Waals surface area contributed by atoms with Crippen LogP contribution in [0.5, 0.6) is 0 Å². The summed E-state index contributed by atoms with van der Waals surface area (Å²) in [6, 6.07) is 0. The van der Waals surface area contributed by atoms with Gasteiger partial charge in [-0.1, -0.05) is 39.3 Å². The van der Waals surface area contributed by atoms with Crippen LogP contribution in [0.1, 0.15) is 98.8 Å². The molecule has 4 aliphatic carbocycles. The number of alkyl halides is 3. The number of hydrogen-bond acceptors (Lipinski definition) is 2. The summed E-state index contributed by atoms with van der Waals surface area (Å²) in [5.41, 5.74) is 1.22. The van der Waals surface area contributed by atoms with Gasteiger partial charge in [-0.2, -0.15) is 13.2 Å². The molecule has 5 heteroatoms. The van der Waals surface area contributed by atoms with E-state index < -0.39 is 17.9 Å². The van der Waals surface area contributed by atoms with E-state index in [1.807, 2.05) is 6.92 Å². The Kier molecular flexibility index (Phi) is 5.94. The summed E-state index contributed by atoms with van der Waals surface area (Å²) in [6.07, 6.45) is 4.30. The summed E-state index contributed by atoms with van der Waals surface area (Å²) in [6.45, 7) is 11.3. The Morgan fingerprint density at radius 3 is 2.31 bits per heavy atom. The Balaban J connectivity index is 1.53. The molecule has 0 bridgehead atoms. The molecule has 3 fully saturated rings. The Morgan fingerprint density at radius 1 is 1.00 bits per heavy atom. The Bertz CT molecular complexity index is 758. The second kappa shape index (κ2) is 7.73. The lowest BCUT2D eigenvalue weighted by Gasteiger charge is -2.61. The molecule has 0 spiro atoms. The summed E-state index contributed by atoms with van der Waals surface area (Å²) in [4.78, 5) is 0. The van der Waals surface area contributed by atoms with Gasteiger partial charge in [-0.15, -0.1) is 0 Å². The normalized spacial score (nSPS) is 48.3. The van der Waals surface area contributed by atoms with Gasteiger partial charge in [-0.05, 0) is 111 Å². The van der Waals surface area contributed by atoms with Crippen LogP contribution in [0.3, 0.4) is 0 Å². The number of fused-ring (bicyclic) bond motifs is 5. The predicted molar refractivity (Wildman–Crippen MR) is 121 cm³/mol. The van der Waals surface area contributed by atoms with Crippen LogP contribution < -0.4 is 0 Å². The van der Waals surface area contributed by atoms with Crippen molar-refractivity contribution in [2.45, 2.75) is 117 Å². The van der Waals surface area contributed by atoms with Crippen LogP contribution in [0.25, 0.3) is 0 Å². The topological polar surface area (TPSA) is 40.5 Å². The monoisotopic (exact) mass is 456 g/mol. The van der Waals surface area contributed by atoms with Crippen LogP contribution in [0.4, 0.5) is 13.2 Å². The van der Waals surface area contributed by atoms with Gasteiger partial charge in [0.15, 0.2) is 0 Å². The van der Waals surface area contributed by atoms with Gasteiger partial charge in [-0.25, -0.2) is 0 Å². The molecule has 2 N–H and O–H groups in total. The van der Waals surface area contributed by atoms with Crippen molar-refractivity contribution >= 4 is 0 Å². The lowest BCUT2D eigenvalue weighted by Crippen LogP contribution is -2.54. The van der Waals surface area contributed by atoms with E-state index in [0.29, 0.717) is 24.2 Å². The van der Waals surface area contributed by atoms with Crippen LogP contribution in [0, 0.1) is 39.9 Å². The summed E-state index contributed by atoms with van der Waals surface area (Å²) in [5.74, 6) is 2.06. The molecule has 0 saturated heterocycles. The van der Waals surface area contributed by atoms with Crippen LogP contribution in [-0.2, 0) is 0 Å². The minimum absolute atomic E-state index is 0.00902. The third kappa shape index (κ3) is 3.68. The van der Waals surface area contributed by atoms with Gasteiger partial charge < -0.3 is 10.2 Å². The highest BCUT2D eigenvalue weighted by atomic mass is 19.4. The maximum absolute atomic E-state index is 12.9. The van der Waals surface area contributed by atoms with E-state index in [1.165, 1.54) is 12.0 Å². The van der Waals surface area contributed by atoms with Crippen molar-refractivity contribution in [2.24, 2.45) is 39.9 Å². The predicted octanol–water partition coefficient (Wildman–Crippen LogP) is 7.05. The quantitative estimate of drug-likeness (QED) is 0.445. The van der Waals surface area contributed by atoms with Gasteiger partial charge in [0.25, 0.3) is 0 Å². The number of rotatable bonds is 4. The van der Waals surface area contributed by atoms with Gasteiger partial charge in [0.1, 0.15) is 6.10 Å². The Morgan fingerprint density at radius 2 is 1.66 bits per heavy atom. The number of halogens is 3. The summed E-state index contributed by atoms with van der Waals surface area (Å²) < 4.78 is 38.6. The maximum atomic E-state index is 12.9. The summed E-state index contributed by atoms with van der Waals surface area (Å²) in [7, 11) is 0. The molecular weight excluding hydrogens is 413 g/mol. The van der Waals surface area contributed by atoms with E-state index in [1.54, 1.807) is 0 Å². The number of hydrogen-bond donors (Lipinski definition) is 2. The first-order valence-corrected chi connectivity index (χ1v) is 12.8. The highest BCUT2D eigenvalue weighted by molar-refractivity contribution is 5.27. The van der Waals surface area contributed by atoms with E-state index in [-0.39, 0.29) is 28.6 Å². The van der Waals surface area contributed by atoms with Crippen molar-refractivity contribution < 1.29 is 23.4 Å². The molecular formula is C27H43F3O2. The molecule has 4 aliphatic rings. The molecule has 0 aliphatic heterocycles. The minimum Gasteiger partial charge on any atom is -0.390 e. The fraction of sp³-hybridized carbons (Fsp3) is 0.926. The van der Waals surface area contributed by atoms with Gasteiger partial charge in [0.05, 0.1) is 5.60 Å². The van der Waals surface area contributed by atoms with Crippen molar-refractivity contribution in [3.05, 3.63) is 11.6 Å². The third-order valence-corrected chi connectivity index (χ3v) is 11.4. The zero-order valence-corrected chi connectivity index (χ0v) is 20.6. The maximum Gasteiger partial charge on any atom is 0.414 e. The van der Waals surface area contributed by atoms with Gasteiger partial charge in [0, 0.05) is 0 Å². The van der Waals surface area contributed by atoms with Crippen molar-refractivity contribution in [1.29, 1.82) is 0 Å². The van der Waals surface area contributed by atoms with Crippen LogP contribution in [-0.4, -0.2) is 28.1 Å². The smallest absolute Gasteiger partial charge is 0.390 e. The second-order valence-corrected chi connectivity index (χ2v) is 12.9. The molecule has 0 aromatic carbocycles. The average molecular weight is 457 g/mol. The van der Waals surface area contributed by atoms with E-state index in [4.69, 9.17) is 0 Å². The minimum atomic E-state index is -4.52. The van der Waals surface area contributed by atoms with E-state index in [9.17, 15) is 23.4 Å². The van der Waals surface area contributed by atoms with E-state index in [0.717, 1.165) is 44.9 Å². The third-order valence-electron chi connectivity index (χ3n) is 11.4. The highest BCUT2D eigenvalue weighted by Gasteiger charge is 2.63. The van der Waals surface area contributed by atoms with Crippen LogP contribution in [0.2, 0.25) is 0 Å². The van der Waals surface area contributed by atoms with Gasteiger partial charge >= 0.3 is 6.18 Å². The number of aliphatic hydroxyl groups excluding tert-OH is 1. The average Bonchev–Trinajstić information content (AvgIpc) is 2.97. The molecule has 3 saturated carbocycles. The lowest BCUT2D eigenvalue weighted by atomic mass is 9.44. The van der Waals surface area contributed by atoms with Crippen molar-refractivity contribution in [1.82, 2.24) is 0 Å². The van der Waals surface area contributed by atoms with Crippen LogP contribution in [0.15, 0.2) is 11.6 Å². The first kappa shape index (κ1) is 24.6. The molecule has 0 aromatic rings. The lowest BCUT2D eigenvalue weighted by molar-refractivity contribution is -0.207. The van der Waals surface area contributed by atoms with Gasteiger partial charge in [0.2, 0.25) is 0 Å². The molecule has 184 valence electrons. The molecule has 9 atom stereocenters. The number of allylic oxidation sites excluding steroid dienone is 1. The molecule has 0 radical (unpaired) electrons. The van der Waals surface area contributed by atoms with Crippen LogP contribution >= 0.6 is 0 Å². The fourth-order valence-electron chi connectivity index (χ4n) is 8.81. The largest absolute Gasteiger partial charge is 0.414 e. The van der Waals surface area contributed by atoms with Gasteiger partial charge in [-0.3, -0.25) is 0 Å².